The van der Waals surface area contributed by atoms with Crippen molar-refractivity contribution in [2.75, 3.05) is 50.6 Å². The molecule has 0 bridgehead atoms. The van der Waals surface area contributed by atoms with Crippen molar-refractivity contribution in [3.63, 3.8) is 0 Å². The molecule has 1 aromatic rings. The SMILES string of the molecule is COc1cc2c(cc1N1CC(C)N(C)C(C)C1)N(C)CC2. The number of ether oxygens (including phenoxy) is 1. The summed E-state index contributed by atoms with van der Waals surface area (Å²) >= 11 is 0. The first kappa shape index (κ1) is 14.5. The molecule has 116 valence electrons. The van der Waals surface area contributed by atoms with Gasteiger partial charge in [-0.25, -0.2) is 0 Å². The summed E-state index contributed by atoms with van der Waals surface area (Å²) in [6.07, 6.45) is 1.12. The normalized spacial score (nSPS) is 26.1. The molecule has 0 N–H and O–H groups in total. The van der Waals surface area contributed by atoms with Crippen LogP contribution in [0.15, 0.2) is 12.1 Å². The molecule has 0 radical (unpaired) electrons. The largest absolute Gasteiger partial charge is 0.495 e. The Kier molecular flexibility index (Phi) is 3.74. The van der Waals surface area contributed by atoms with Gasteiger partial charge in [-0.15, -0.1) is 0 Å². The van der Waals surface area contributed by atoms with Crippen molar-refractivity contribution in [1.29, 1.82) is 0 Å². The predicted molar refractivity (Wildman–Crippen MR) is 88.9 cm³/mol. The first-order valence-corrected chi connectivity index (χ1v) is 7.90. The number of piperazine rings is 1. The van der Waals surface area contributed by atoms with Gasteiger partial charge < -0.3 is 14.5 Å². The Hall–Kier alpha value is -1.42. The third kappa shape index (κ3) is 2.46. The number of likely N-dealkylation sites (N-methyl/N-ethyl adjacent to an activating group) is 2. The number of benzene rings is 1. The van der Waals surface area contributed by atoms with Crippen molar-refractivity contribution in [2.24, 2.45) is 0 Å². The van der Waals surface area contributed by atoms with Gasteiger partial charge >= 0.3 is 0 Å². The van der Waals surface area contributed by atoms with Crippen molar-refractivity contribution in [2.45, 2.75) is 32.4 Å². The van der Waals surface area contributed by atoms with Gasteiger partial charge in [-0.2, -0.15) is 0 Å². The fraction of sp³-hybridized carbons (Fsp3) is 0.647. The Labute approximate surface area is 128 Å². The molecule has 0 spiro atoms. The lowest BCUT2D eigenvalue weighted by molar-refractivity contribution is 0.169. The van der Waals surface area contributed by atoms with Gasteiger partial charge in [0.2, 0.25) is 0 Å². The maximum absolute atomic E-state index is 5.68. The van der Waals surface area contributed by atoms with Crippen LogP contribution >= 0.6 is 0 Å². The van der Waals surface area contributed by atoms with Gasteiger partial charge in [0, 0.05) is 44.5 Å². The summed E-state index contributed by atoms with van der Waals surface area (Å²) in [6, 6.07) is 5.68. The Bertz CT molecular complexity index is 519. The van der Waals surface area contributed by atoms with Gasteiger partial charge in [0.1, 0.15) is 5.75 Å². The maximum Gasteiger partial charge on any atom is 0.142 e. The average Bonchev–Trinajstić information content (AvgIpc) is 2.83. The highest BCUT2D eigenvalue weighted by atomic mass is 16.5. The molecular weight excluding hydrogens is 262 g/mol. The monoisotopic (exact) mass is 289 g/mol. The van der Waals surface area contributed by atoms with Crippen molar-refractivity contribution >= 4 is 11.4 Å². The Morgan fingerprint density at radius 1 is 1.05 bits per heavy atom. The van der Waals surface area contributed by atoms with E-state index >= 15 is 0 Å². The lowest BCUT2D eigenvalue weighted by Gasteiger charge is -2.44. The molecule has 0 aromatic heterocycles. The molecule has 1 fully saturated rings. The van der Waals surface area contributed by atoms with E-state index in [1.54, 1.807) is 7.11 Å². The van der Waals surface area contributed by atoms with Crippen LogP contribution in [0.3, 0.4) is 0 Å². The van der Waals surface area contributed by atoms with E-state index in [4.69, 9.17) is 4.74 Å². The van der Waals surface area contributed by atoms with Gasteiger partial charge in [-0.1, -0.05) is 0 Å². The second-order valence-electron chi connectivity index (χ2n) is 6.59. The summed E-state index contributed by atoms with van der Waals surface area (Å²) in [5, 5.41) is 0. The Morgan fingerprint density at radius 3 is 2.33 bits per heavy atom. The smallest absolute Gasteiger partial charge is 0.142 e. The van der Waals surface area contributed by atoms with Gasteiger partial charge in [-0.3, -0.25) is 4.90 Å². The third-order valence-corrected chi connectivity index (χ3v) is 5.21. The number of hydrogen-bond donors (Lipinski definition) is 0. The van der Waals surface area contributed by atoms with Crippen molar-refractivity contribution in [3.05, 3.63) is 17.7 Å². The number of rotatable bonds is 2. The molecule has 4 nitrogen and oxygen atoms in total. The summed E-state index contributed by atoms with van der Waals surface area (Å²) in [6.45, 7) is 7.82. The van der Waals surface area contributed by atoms with E-state index in [9.17, 15) is 0 Å². The minimum Gasteiger partial charge on any atom is -0.495 e. The molecule has 21 heavy (non-hydrogen) atoms. The molecule has 2 unspecified atom stereocenters. The van der Waals surface area contributed by atoms with Crippen LogP contribution in [-0.2, 0) is 6.42 Å². The number of anilines is 2. The molecule has 2 aliphatic heterocycles. The number of hydrogen-bond acceptors (Lipinski definition) is 4. The van der Waals surface area contributed by atoms with Crippen LogP contribution in [-0.4, -0.2) is 57.8 Å². The standard InChI is InChI=1S/C17H27N3O/c1-12-10-20(11-13(2)19(12)4)16-9-15-14(6-7-18(15)3)8-17(16)21-5/h8-9,12-13H,6-7,10-11H2,1-5H3. The highest BCUT2D eigenvalue weighted by Gasteiger charge is 2.29. The molecule has 1 saturated heterocycles. The maximum atomic E-state index is 5.68. The van der Waals surface area contributed by atoms with Crippen LogP contribution in [0.25, 0.3) is 0 Å². The molecule has 3 rings (SSSR count). The molecule has 2 aliphatic rings. The van der Waals surface area contributed by atoms with E-state index in [-0.39, 0.29) is 0 Å². The summed E-state index contributed by atoms with van der Waals surface area (Å²) in [5.41, 5.74) is 4.02. The predicted octanol–water partition coefficient (Wildman–Crippen LogP) is 2.22. The van der Waals surface area contributed by atoms with E-state index in [0.717, 1.165) is 31.8 Å². The Morgan fingerprint density at radius 2 is 1.71 bits per heavy atom. The lowest BCUT2D eigenvalue weighted by atomic mass is 10.1. The second-order valence-corrected chi connectivity index (χ2v) is 6.59. The molecule has 0 aliphatic carbocycles. The van der Waals surface area contributed by atoms with Gasteiger partial charge in [-0.05, 0) is 45.0 Å². The quantitative estimate of drug-likeness (QED) is 0.831. The van der Waals surface area contributed by atoms with Crippen LogP contribution in [0.5, 0.6) is 5.75 Å². The zero-order valence-corrected chi connectivity index (χ0v) is 13.9. The minimum absolute atomic E-state index is 0.560. The first-order valence-electron chi connectivity index (χ1n) is 7.90. The van der Waals surface area contributed by atoms with E-state index < -0.39 is 0 Å². The lowest BCUT2D eigenvalue weighted by Crippen LogP contribution is -2.55. The van der Waals surface area contributed by atoms with E-state index in [1.165, 1.54) is 16.9 Å². The zero-order valence-electron chi connectivity index (χ0n) is 13.9. The first-order chi connectivity index (χ1) is 10.0. The van der Waals surface area contributed by atoms with E-state index in [2.05, 4.69) is 54.8 Å². The highest BCUT2D eigenvalue weighted by molar-refractivity contribution is 5.72. The van der Waals surface area contributed by atoms with Gasteiger partial charge in [0.05, 0.1) is 12.8 Å². The fourth-order valence-corrected chi connectivity index (χ4v) is 3.58. The molecule has 2 heterocycles. The fourth-order valence-electron chi connectivity index (χ4n) is 3.58. The van der Waals surface area contributed by atoms with Crippen LogP contribution in [0.4, 0.5) is 11.4 Å². The van der Waals surface area contributed by atoms with E-state index in [1.807, 2.05) is 0 Å². The summed E-state index contributed by atoms with van der Waals surface area (Å²) in [4.78, 5) is 7.30. The molecule has 0 amide bonds. The Balaban J connectivity index is 1.96. The van der Waals surface area contributed by atoms with E-state index in [0.29, 0.717) is 12.1 Å². The topological polar surface area (TPSA) is 19.0 Å². The molecule has 2 atom stereocenters. The van der Waals surface area contributed by atoms with Gasteiger partial charge in [0.15, 0.2) is 0 Å². The summed E-state index contributed by atoms with van der Waals surface area (Å²) < 4.78 is 5.68. The third-order valence-electron chi connectivity index (χ3n) is 5.21. The van der Waals surface area contributed by atoms with Crippen molar-refractivity contribution in [3.8, 4) is 5.75 Å². The molecular formula is C17H27N3O. The molecule has 1 aromatic carbocycles. The highest BCUT2D eigenvalue weighted by Crippen LogP contribution is 2.39. The summed E-state index contributed by atoms with van der Waals surface area (Å²) in [5.74, 6) is 1.02. The van der Waals surface area contributed by atoms with Crippen molar-refractivity contribution < 1.29 is 4.74 Å². The van der Waals surface area contributed by atoms with Crippen LogP contribution in [0.1, 0.15) is 19.4 Å². The number of nitrogens with zero attached hydrogens (tertiary/aromatic N) is 3. The summed E-state index contributed by atoms with van der Waals surface area (Å²) in [7, 11) is 6.19. The van der Waals surface area contributed by atoms with Crippen molar-refractivity contribution in [1.82, 2.24) is 4.90 Å². The van der Waals surface area contributed by atoms with Crippen LogP contribution < -0.4 is 14.5 Å². The molecule has 4 heteroatoms. The van der Waals surface area contributed by atoms with Crippen LogP contribution in [0.2, 0.25) is 0 Å². The zero-order chi connectivity index (χ0) is 15.1. The van der Waals surface area contributed by atoms with Crippen LogP contribution in [0, 0.1) is 0 Å². The minimum atomic E-state index is 0.560. The number of methoxy groups -OCH3 is 1. The van der Waals surface area contributed by atoms with Gasteiger partial charge in [0.25, 0.3) is 0 Å². The molecule has 0 saturated carbocycles. The second kappa shape index (κ2) is 5.41. The number of fused-ring (bicyclic) bond motifs is 1. The average molecular weight is 289 g/mol.